The van der Waals surface area contributed by atoms with Gasteiger partial charge in [-0.3, -0.25) is 4.79 Å². The van der Waals surface area contributed by atoms with Crippen LogP contribution in [0.3, 0.4) is 0 Å². The Morgan fingerprint density at radius 1 is 1.27 bits per heavy atom. The third-order valence-corrected chi connectivity index (χ3v) is 3.68. The lowest BCUT2D eigenvalue weighted by molar-refractivity contribution is -0.134. The molecule has 0 atom stereocenters. The van der Waals surface area contributed by atoms with E-state index in [0.29, 0.717) is 25.7 Å². The van der Waals surface area contributed by atoms with Crippen molar-refractivity contribution in [2.24, 2.45) is 0 Å². The number of sulfonamides is 1. The Labute approximate surface area is 88.3 Å². The molecule has 0 spiro atoms. The van der Waals surface area contributed by atoms with Gasteiger partial charge in [-0.05, 0) is 25.7 Å². The molecule has 0 aromatic heterocycles. The molecule has 0 heterocycles. The van der Waals surface area contributed by atoms with Gasteiger partial charge in [-0.1, -0.05) is 0 Å². The van der Waals surface area contributed by atoms with E-state index in [0.717, 1.165) is 0 Å². The van der Waals surface area contributed by atoms with E-state index in [1.54, 1.807) is 0 Å². The second kappa shape index (κ2) is 4.91. The number of carboxylic acid groups (broad SMARTS) is 1. The molecule has 0 amide bonds. The minimum Gasteiger partial charge on any atom is -0.480 e. The van der Waals surface area contributed by atoms with Gasteiger partial charge in [0.2, 0.25) is 10.0 Å². The van der Waals surface area contributed by atoms with Gasteiger partial charge in [-0.25, -0.2) is 13.1 Å². The van der Waals surface area contributed by atoms with E-state index in [-0.39, 0.29) is 12.1 Å². The van der Waals surface area contributed by atoms with Crippen molar-refractivity contribution < 1.29 is 23.4 Å². The highest BCUT2D eigenvalue weighted by Crippen LogP contribution is 2.18. The summed E-state index contributed by atoms with van der Waals surface area (Å²) in [6.45, 7) is 0. The molecular formula is C8H15NO5S. The normalized spacial score (nSPS) is 27.5. The van der Waals surface area contributed by atoms with Crippen molar-refractivity contribution in [3.63, 3.8) is 0 Å². The largest absolute Gasteiger partial charge is 0.480 e. The second-order valence-corrected chi connectivity index (χ2v) is 5.53. The molecule has 0 radical (unpaired) electrons. The van der Waals surface area contributed by atoms with E-state index < -0.39 is 21.7 Å². The van der Waals surface area contributed by atoms with Gasteiger partial charge in [0, 0.05) is 6.04 Å². The highest BCUT2D eigenvalue weighted by atomic mass is 32.2. The van der Waals surface area contributed by atoms with Gasteiger partial charge in [0.05, 0.1) is 6.10 Å². The van der Waals surface area contributed by atoms with Crippen molar-refractivity contribution in [2.75, 3.05) is 5.75 Å². The summed E-state index contributed by atoms with van der Waals surface area (Å²) < 4.78 is 24.8. The summed E-state index contributed by atoms with van der Waals surface area (Å²) in [5, 5.41) is 17.6. The Morgan fingerprint density at radius 2 is 1.80 bits per heavy atom. The van der Waals surface area contributed by atoms with E-state index in [2.05, 4.69) is 4.72 Å². The van der Waals surface area contributed by atoms with Crippen LogP contribution in [0.1, 0.15) is 25.7 Å². The van der Waals surface area contributed by atoms with Crippen molar-refractivity contribution in [1.82, 2.24) is 4.72 Å². The van der Waals surface area contributed by atoms with Gasteiger partial charge >= 0.3 is 5.97 Å². The first-order chi connectivity index (χ1) is 6.89. The van der Waals surface area contributed by atoms with Crippen LogP contribution in [0.2, 0.25) is 0 Å². The molecule has 0 bridgehead atoms. The maximum absolute atomic E-state index is 11.2. The number of carboxylic acids is 1. The Bertz CT molecular complexity index is 318. The van der Waals surface area contributed by atoms with Crippen LogP contribution in [0.25, 0.3) is 0 Å². The zero-order valence-electron chi connectivity index (χ0n) is 8.22. The molecule has 0 aromatic rings. The third kappa shape index (κ3) is 4.59. The van der Waals surface area contributed by atoms with E-state index in [1.165, 1.54) is 0 Å². The Morgan fingerprint density at radius 3 is 2.27 bits per heavy atom. The van der Waals surface area contributed by atoms with Crippen LogP contribution in [-0.4, -0.2) is 42.5 Å². The first-order valence-corrected chi connectivity index (χ1v) is 6.44. The standard InChI is InChI=1S/C8H15NO5S/c10-7-3-1-6(2-4-7)9-15(13,14)5-8(11)12/h6-7,9-10H,1-5H2,(H,11,12). The molecule has 3 N–H and O–H groups in total. The van der Waals surface area contributed by atoms with E-state index in [9.17, 15) is 18.3 Å². The van der Waals surface area contributed by atoms with Crippen molar-refractivity contribution in [2.45, 2.75) is 37.8 Å². The molecule has 0 saturated heterocycles. The van der Waals surface area contributed by atoms with Gasteiger partial charge < -0.3 is 10.2 Å². The Kier molecular flexibility index (Phi) is 4.06. The molecule has 1 fully saturated rings. The molecule has 15 heavy (non-hydrogen) atoms. The minimum atomic E-state index is -3.73. The fourth-order valence-electron chi connectivity index (χ4n) is 1.65. The van der Waals surface area contributed by atoms with Crippen molar-refractivity contribution >= 4 is 16.0 Å². The van der Waals surface area contributed by atoms with Crippen molar-refractivity contribution in [3.05, 3.63) is 0 Å². The van der Waals surface area contributed by atoms with Gasteiger partial charge in [-0.15, -0.1) is 0 Å². The highest BCUT2D eigenvalue weighted by Gasteiger charge is 2.24. The van der Waals surface area contributed by atoms with Crippen molar-refractivity contribution in [3.8, 4) is 0 Å². The summed E-state index contributed by atoms with van der Waals surface area (Å²) in [7, 11) is -3.73. The molecule has 0 unspecified atom stereocenters. The lowest BCUT2D eigenvalue weighted by Crippen LogP contribution is -2.40. The average molecular weight is 237 g/mol. The van der Waals surface area contributed by atoms with Crippen LogP contribution in [-0.2, 0) is 14.8 Å². The number of rotatable bonds is 4. The molecule has 1 saturated carbocycles. The van der Waals surface area contributed by atoms with Crippen LogP contribution in [0.5, 0.6) is 0 Å². The summed E-state index contributed by atoms with van der Waals surface area (Å²) in [5.41, 5.74) is 0. The maximum atomic E-state index is 11.2. The second-order valence-electron chi connectivity index (χ2n) is 3.78. The highest BCUT2D eigenvalue weighted by molar-refractivity contribution is 7.90. The number of hydrogen-bond acceptors (Lipinski definition) is 4. The summed E-state index contributed by atoms with van der Waals surface area (Å²) in [4.78, 5) is 10.2. The van der Waals surface area contributed by atoms with Gasteiger partial charge in [-0.2, -0.15) is 0 Å². The van der Waals surface area contributed by atoms with Crippen LogP contribution >= 0.6 is 0 Å². The third-order valence-electron chi connectivity index (χ3n) is 2.36. The zero-order chi connectivity index (χ0) is 11.5. The summed E-state index contributed by atoms with van der Waals surface area (Å²) >= 11 is 0. The van der Waals surface area contributed by atoms with Crippen LogP contribution in [0.4, 0.5) is 0 Å². The van der Waals surface area contributed by atoms with Crippen molar-refractivity contribution in [1.29, 1.82) is 0 Å². The topological polar surface area (TPSA) is 104 Å². The molecular weight excluding hydrogens is 222 g/mol. The number of carbonyl (C=O) groups is 1. The smallest absolute Gasteiger partial charge is 0.320 e. The van der Waals surface area contributed by atoms with Crippen LogP contribution in [0, 0.1) is 0 Å². The van der Waals surface area contributed by atoms with Gasteiger partial charge in [0.15, 0.2) is 5.75 Å². The Hall–Kier alpha value is -0.660. The summed E-state index contributed by atoms with van der Waals surface area (Å²) in [5.74, 6) is -2.26. The minimum absolute atomic E-state index is 0.238. The number of nitrogens with one attached hydrogen (secondary N) is 1. The SMILES string of the molecule is O=C(O)CS(=O)(=O)NC1CCC(O)CC1. The molecule has 6 nitrogen and oxygen atoms in total. The summed E-state index contributed by atoms with van der Waals surface area (Å²) in [6.07, 6.45) is 1.87. The van der Waals surface area contributed by atoms with Crippen LogP contribution < -0.4 is 4.72 Å². The monoisotopic (exact) mass is 237 g/mol. The predicted molar refractivity (Wildman–Crippen MR) is 52.8 cm³/mol. The number of aliphatic hydroxyl groups excluding tert-OH is 1. The predicted octanol–water partition coefficient (Wildman–Crippen LogP) is -0.706. The van der Waals surface area contributed by atoms with E-state index in [4.69, 9.17) is 5.11 Å². The lowest BCUT2D eigenvalue weighted by atomic mass is 9.94. The molecule has 0 aliphatic heterocycles. The molecule has 1 aliphatic rings. The number of aliphatic hydroxyl groups is 1. The quantitative estimate of drug-likeness (QED) is 0.599. The average Bonchev–Trinajstić information content (AvgIpc) is 2.06. The Balaban J connectivity index is 2.44. The van der Waals surface area contributed by atoms with E-state index >= 15 is 0 Å². The molecule has 1 aliphatic carbocycles. The zero-order valence-corrected chi connectivity index (χ0v) is 9.03. The van der Waals surface area contributed by atoms with E-state index in [1.807, 2.05) is 0 Å². The van der Waals surface area contributed by atoms with Gasteiger partial charge in [0.25, 0.3) is 0 Å². The first-order valence-electron chi connectivity index (χ1n) is 4.79. The fraction of sp³-hybridized carbons (Fsp3) is 0.875. The maximum Gasteiger partial charge on any atom is 0.320 e. The molecule has 0 aromatic carbocycles. The molecule has 1 rings (SSSR count). The number of hydrogen-bond donors (Lipinski definition) is 3. The molecule has 7 heteroatoms. The van der Waals surface area contributed by atoms with Crippen LogP contribution in [0.15, 0.2) is 0 Å². The number of aliphatic carboxylic acids is 1. The summed E-state index contributed by atoms with van der Waals surface area (Å²) in [6, 6.07) is -0.238. The first kappa shape index (κ1) is 12.4. The molecule has 88 valence electrons. The fourth-order valence-corrected chi connectivity index (χ4v) is 2.80. The lowest BCUT2D eigenvalue weighted by Gasteiger charge is -2.25. The van der Waals surface area contributed by atoms with Gasteiger partial charge in [0.1, 0.15) is 0 Å².